The number of aromatic nitrogens is 2. The molecule has 134 valence electrons. The number of ether oxygens (including phenoxy) is 2. The van der Waals surface area contributed by atoms with Crippen LogP contribution in [0.4, 0.5) is 17.6 Å². The van der Waals surface area contributed by atoms with Crippen LogP contribution in [0.25, 0.3) is 0 Å². The molecule has 0 radical (unpaired) electrons. The minimum absolute atomic E-state index is 0.0839. The largest absolute Gasteiger partial charge is 0.435 e. The van der Waals surface area contributed by atoms with E-state index >= 15 is 0 Å². The van der Waals surface area contributed by atoms with Crippen molar-refractivity contribution in [2.24, 2.45) is 0 Å². The van der Waals surface area contributed by atoms with E-state index in [9.17, 15) is 22.7 Å². The second-order valence-corrected chi connectivity index (χ2v) is 4.99. The highest BCUT2D eigenvalue weighted by molar-refractivity contribution is 5.34. The third-order valence-electron chi connectivity index (χ3n) is 3.17. The van der Waals surface area contributed by atoms with E-state index in [0.717, 1.165) is 30.5 Å². The molecule has 0 fully saturated rings. The first-order chi connectivity index (χ1) is 12.5. The minimum Gasteiger partial charge on any atom is -0.435 e. The van der Waals surface area contributed by atoms with Crippen molar-refractivity contribution in [3.63, 3.8) is 0 Å². The highest BCUT2D eigenvalue weighted by Crippen LogP contribution is 2.29. The summed E-state index contributed by atoms with van der Waals surface area (Å²) in [7, 11) is 0. The van der Waals surface area contributed by atoms with Gasteiger partial charge in [0.2, 0.25) is 5.88 Å². The first-order valence-electron chi connectivity index (χ1n) is 7.19. The van der Waals surface area contributed by atoms with Crippen LogP contribution in [0.5, 0.6) is 23.4 Å². The summed E-state index contributed by atoms with van der Waals surface area (Å²) in [5, 5.41) is 9.31. The topological polar surface area (TPSA) is 64.5 Å². The zero-order valence-corrected chi connectivity index (χ0v) is 12.9. The Morgan fingerprint density at radius 1 is 0.846 bits per heavy atom. The van der Waals surface area contributed by atoms with Crippen LogP contribution in [-0.4, -0.2) is 15.1 Å². The Bertz CT molecular complexity index is 953. The second-order valence-electron chi connectivity index (χ2n) is 4.99. The Morgan fingerprint density at radius 2 is 1.42 bits per heavy atom. The molecular weight excluding hydrogens is 356 g/mol. The average Bonchev–Trinajstić information content (AvgIpc) is 2.60. The molecule has 5 nitrogen and oxygen atoms in total. The number of hydrogen-bond donors (Lipinski definition) is 1. The molecule has 0 saturated carbocycles. The lowest BCUT2D eigenvalue weighted by atomic mass is 10.3. The molecule has 0 aliphatic carbocycles. The lowest BCUT2D eigenvalue weighted by Gasteiger charge is -2.11. The van der Waals surface area contributed by atoms with Crippen LogP contribution in [0.15, 0.2) is 42.6 Å². The van der Waals surface area contributed by atoms with E-state index in [1.807, 2.05) is 0 Å². The van der Waals surface area contributed by atoms with Gasteiger partial charge in [-0.25, -0.2) is 22.5 Å². The highest BCUT2D eigenvalue weighted by atomic mass is 19.1. The molecular formula is C17H10F4N2O3. The van der Waals surface area contributed by atoms with E-state index in [1.165, 1.54) is 0 Å². The summed E-state index contributed by atoms with van der Waals surface area (Å²) in [4.78, 5) is 7.58. The molecule has 9 heteroatoms. The molecule has 0 aliphatic heterocycles. The van der Waals surface area contributed by atoms with Crippen molar-refractivity contribution in [2.45, 2.75) is 6.61 Å². The number of rotatable bonds is 5. The Kier molecular flexibility index (Phi) is 4.99. The van der Waals surface area contributed by atoms with E-state index in [1.54, 1.807) is 0 Å². The lowest BCUT2D eigenvalue weighted by Crippen LogP contribution is -2.01. The maximum atomic E-state index is 13.7. The molecule has 0 amide bonds. The minimum atomic E-state index is -0.987. The molecule has 1 heterocycles. The molecule has 26 heavy (non-hydrogen) atoms. The number of benzene rings is 2. The number of aliphatic hydroxyl groups is 1. The van der Waals surface area contributed by atoms with Crippen LogP contribution in [0.3, 0.4) is 0 Å². The van der Waals surface area contributed by atoms with Crippen LogP contribution in [0.1, 0.15) is 5.56 Å². The predicted molar refractivity (Wildman–Crippen MR) is 80.8 cm³/mol. The molecule has 0 aliphatic rings. The second kappa shape index (κ2) is 7.36. The molecule has 1 N–H and O–H groups in total. The van der Waals surface area contributed by atoms with E-state index in [0.29, 0.717) is 12.1 Å². The van der Waals surface area contributed by atoms with E-state index in [2.05, 4.69) is 9.97 Å². The lowest BCUT2D eigenvalue weighted by molar-refractivity contribution is 0.272. The van der Waals surface area contributed by atoms with Gasteiger partial charge in [0, 0.05) is 18.3 Å². The molecule has 0 saturated heterocycles. The van der Waals surface area contributed by atoms with Gasteiger partial charge in [-0.05, 0) is 24.3 Å². The van der Waals surface area contributed by atoms with Crippen molar-refractivity contribution in [2.75, 3.05) is 0 Å². The fraction of sp³-hybridized carbons (Fsp3) is 0.0588. The third kappa shape index (κ3) is 3.89. The Hall–Kier alpha value is -3.20. The molecule has 3 rings (SSSR count). The standard InChI is InChI=1S/C17H10F4N2O3/c18-10-1-3-14(12(20)5-10)25-16-9(8-24)7-22-17(23-16)26-15-4-2-11(19)6-13(15)21/h1-7,24H,8H2. The maximum Gasteiger partial charge on any atom is 0.325 e. The van der Waals surface area contributed by atoms with Crippen molar-refractivity contribution >= 4 is 0 Å². The quantitative estimate of drug-likeness (QED) is 0.689. The van der Waals surface area contributed by atoms with Crippen LogP contribution < -0.4 is 9.47 Å². The fourth-order valence-corrected chi connectivity index (χ4v) is 1.94. The molecule has 0 spiro atoms. The van der Waals surface area contributed by atoms with Crippen molar-refractivity contribution in [1.29, 1.82) is 0 Å². The zero-order chi connectivity index (χ0) is 18.7. The summed E-state index contributed by atoms with van der Waals surface area (Å²) < 4.78 is 63.6. The van der Waals surface area contributed by atoms with Gasteiger partial charge in [-0.1, -0.05) is 0 Å². The normalized spacial score (nSPS) is 10.7. The molecule has 2 aromatic carbocycles. The van der Waals surface area contributed by atoms with E-state index in [-0.39, 0.29) is 29.0 Å². The molecule has 3 aromatic rings. The van der Waals surface area contributed by atoms with Crippen LogP contribution >= 0.6 is 0 Å². The number of nitrogens with zero attached hydrogens (tertiary/aromatic N) is 2. The van der Waals surface area contributed by atoms with Gasteiger partial charge in [-0.2, -0.15) is 4.98 Å². The average molecular weight is 366 g/mol. The van der Waals surface area contributed by atoms with Gasteiger partial charge in [0.05, 0.1) is 12.2 Å². The number of hydrogen-bond acceptors (Lipinski definition) is 5. The van der Waals surface area contributed by atoms with Gasteiger partial charge in [-0.15, -0.1) is 0 Å². The molecule has 0 bridgehead atoms. The summed E-state index contributed by atoms with van der Waals surface area (Å²) in [5.74, 6) is -4.52. The van der Waals surface area contributed by atoms with Gasteiger partial charge in [0.15, 0.2) is 23.1 Å². The van der Waals surface area contributed by atoms with Crippen molar-refractivity contribution < 1.29 is 32.1 Å². The fourth-order valence-electron chi connectivity index (χ4n) is 1.94. The first kappa shape index (κ1) is 17.6. The van der Waals surface area contributed by atoms with Crippen LogP contribution in [0, 0.1) is 23.3 Å². The number of aliphatic hydroxyl groups excluding tert-OH is 1. The predicted octanol–water partition coefficient (Wildman–Crippen LogP) is 4.11. The molecule has 0 atom stereocenters. The Labute approximate surface area is 144 Å². The van der Waals surface area contributed by atoms with E-state index in [4.69, 9.17) is 9.47 Å². The van der Waals surface area contributed by atoms with Crippen molar-refractivity contribution in [3.05, 3.63) is 71.4 Å². The van der Waals surface area contributed by atoms with Gasteiger partial charge in [0.1, 0.15) is 11.6 Å². The van der Waals surface area contributed by atoms with E-state index < -0.39 is 29.9 Å². The van der Waals surface area contributed by atoms with Gasteiger partial charge >= 0.3 is 6.01 Å². The summed E-state index contributed by atoms with van der Waals surface area (Å²) in [5.41, 5.74) is 0.0839. The van der Waals surface area contributed by atoms with Crippen LogP contribution in [-0.2, 0) is 6.61 Å². The molecule has 1 aromatic heterocycles. The first-order valence-corrected chi connectivity index (χ1v) is 7.19. The summed E-state index contributed by atoms with van der Waals surface area (Å²) in [6.45, 7) is -0.538. The SMILES string of the molecule is OCc1cnc(Oc2ccc(F)cc2F)nc1Oc1ccc(F)cc1F. The van der Waals surface area contributed by atoms with Gasteiger partial charge in [0.25, 0.3) is 0 Å². The smallest absolute Gasteiger partial charge is 0.325 e. The maximum absolute atomic E-state index is 13.7. The monoisotopic (exact) mass is 366 g/mol. The van der Waals surface area contributed by atoms with Crippen LogP contribution in [0.2, 0.25) is 0 Å². The zero-order valence-electron chi connectivity index (χ0n) is 12.9. The van der Waals surface area contributed by atoms with Crippen molar-refractivity contribution in [1.82, 2.24) is 9.97 Å². The Morgan fingerprint density at radius 3 is 1.96 bits per heavy atom. The van der Waals surface area contributed by atoms with Gasteiger partial charge in [-0.3, -0.25) is 0 Å². The molecule has 0 unspecified atom stereocenters. The Balaban J connectivity index is 1.91. The van der Waals surface area contributed by atoms with Gasteiger partial charge < -0.3 is 14.6 Å². The summed E-state index contributed by atoms with van der Waals surface area (Å²) in [6.07, 6.45) is 1.13. The summed E-state index contributed by atoms with van der Waals surface area (Å²) >= 11 is 0. The van der Waals surface area contributed by atoms with Crippen molar-refractivity contribution in [3.8, 4) is 23.4 Å². The number of halogens is 4. The third-order valence-corrected chi connectivity index (χ3v) is 3.17. The highest BCUT2D eigenvalue weighted by Gasteiger charge is 2.15. The summed E-state index contributed by atoms with van der Waals surface area (Å²) in [6, 6.07) is 4.87.